The lowest BCUT2D eigenvalue weighted by Gasteiger charge is -2.08. The molecule has 0 amide bonds. The van der Waals surface area contributed by atoms with Gasteiger partial charge in [-0.1, -0.05) is 13.8 Å². The summed E-state index contributed by atoms with van der Waals surface area (Å²) in [6, 6.07) is 0. The van der Waals surface area contributed by atoms with Gasteiger partial charge in [0.05, 0.1) is 9.32 Å². The molecule has 1 aromatic heterocycles. The predicted molar refractivity (Wildman–Crippen MR) is 75.3 cm³/mol. The molecule has 1 atom stereocenters. The molecular weight excluding hydrogens is 321 g/mol. The van der Waals surface area contributed by atoms with E-state index in [0.717, 1.165) is 21.0 Å². The smallest absolute Gasteiger partial charge is 0.142 e. The van der Waals surface area contributed by atoms with E-state index in [9.17, 15) is 0 Å². The maximum absolute atomic E-state index is 4.45. The summed E-state index contributed by atoms with van der Waals surface area (Å²) < 4.78 is 1.06. The van der Waals surface area contributed by atoms with Crippen LogP contribution in [0.25, 0.3) is 0 Å². The molecule has 3 nitrogen and oxygen atoms in total. The first-order valence-electron chi connectivity index (χ1n) is 4.98. The van der Waals surface area contributed by atoms with Crippen molar-refractivity contribution < 1.29 is 0 Å². The number of thioether (sulfide) groups is 1. The molecule has 5 heteroatoms. The summed E-state index contributed by atoms with van der Waals surface area (Å²) in [4.78, 5) is 8.76. The largest absolute Gasteiger partial charge is 0.372 e. The van der Waals surface area contributed by atoms with Crippen LogP contribution in [-0.2, 0) is 5.75 Å². The molecule has 1 N–H and O–H groups in total. The van der Waals surface area contributed by atoms with Crippen molar-refractivity contribution in [3.8, 4) is 0 Å². The zero-order chi connectivity index (χ0) is 11.3. The van der Waals surface area contributed by atoms with Gasteiger partial charge in [-0.05, 0) is 29.0 Å². The highest BCUT2D eigenvalue weighted by Crippen LogP contribution is 2.20. The number of anilines is 1. The Bertz CT molecular complexity index is 320. The maximum Gasteiger partial charge on any atom is 0.142 e. The highest BCUT2D eigenvalue weighted by Gasteiger charge is 2.05. The fraction of sp³-hybridized carbons (Fsp3) is 0.600. The second-order valence-electron chi connectivity index (χ2n) is 3.26. The minimum atomic E-state index is 0.672. The van der Waals surface area contributed by atoms with Crippen molar-refractivity contribution in [2.75, 3.05) is 12.4 Å². The minimum absolute atomic E-state index is 0.672. The molecule has 1 rings (SSSR count). The van der Waals surface area contributed by atoms with Gasteiger partial charge in [0.25, 0.3) is 0 Å². The van der Waals surface area contributed by atoms with Crippen molar-refractivity contribution in [1.82, 2.24) is 9.97 Å². The maximum atomic E-state index is 4.45. The average Bonchev–Trinajstić information content (AvgIpc) is 2.27. The molecular formula is C10H16IN3S. The molecule has 84 valence electrons. The summed E-state index contributed by atoms with van der Waals surface area (Å²) in [5.41, 5.74) is 0. The van der Waals surface area contributed by atoms with E-state index in [-0.39, 0.29) is 0 Å². The minimum Gasteiger partial charge on any atom is -0.372 e. The molecule has 15 heavy (non-hydrogen) atoms. The summed E-state index contributed by atoms with van der Waals surface area (Å²) in [5, 5.41) is 3.74. The third kappa shape index (κ3) is 4.14. The molecule has 0 bridgehead atoms. The fourth-order valence-corrected chi connectivity index (χ4v) is 2.32. The fourth-order valence-electron chi connectivity index (χ4n) is 0.983. The molecule has 0 radical (unpaired) electrons. The van der Waals surface area contributed by atoms with E-state index in [0.29, 0.717) is 5.25 Å². The van der Waals surface area contributed by atoms with Gasteiger partial charge in [0.15, 0.2) is 0 Å². The van der Waals surface area contributed by atoms with Gasteiger partial charge in [-0.3, -0.25) is 0 Å². The number of rotatable bonds is 5. The number of nitrogens with zero attached hydrogens (tertiary/aromatic N) is 2. The van der Waals surface area contributed by atoms with E-state index in [1.165, 1.54) is 6.42 Å². The molecule has 0 fully saturated rings. The van der Waals surface area contributed by atoms with Gasteiger partial charge in [-0.15, -0.1) is 0 Å². The Morgan fingerprint density at radius 2 is 2.33 bits per heavy atom. The summed E-state index contributed by atoms with van der Waals surface area (Å²) >= 11 is 4.13. The van der Waals surface area contributed by atoms with Gasteiger partial charge < -0.3 is 5.32 Å². The topological polar surface area (TPSA) is 37.8 Å². The Kier molecular flexibility index (Phi) is 5.66. The SMILES string of the molecule is CCC(C)SCc1ncc(I)c(NC)n1. The Morgan fingerprint density at radius 3 is 2.93 bits per heavy atom. The van der Waals surface area contributed by atoms with Crippen LogP contribution in [0, 0.1) is 3.57 Å². The molecule has 0 saturated carbocycles. The van der Waals surface area contributed by atoms with Gasteiger partial charge in [-0.25, -0.2) is 9.97 Å². The van der Waals surface area contributed by atoms with Crippen molar-refractivity contribution in [2.45, 2.75) is 31.3 Å². The quantitative estimate of drug-likeness (QED) is 0.838. The van der Waals surface area contributed by atoms with E-state index in [1.54, 1.807) is 0 Å². The van der Waals surface area contributed by atoms with Crippen LogP contribution in [0.4, 0.5) is 5.82 Å². The van der Waals surface area contributed by atoms with Gasteiger partial charge in [-0.2, -0.15) is 11.8 Å². The first kappa shape index (κ1) is 13.0. The van der Waals surface area contributed by atoms with Gasteiger partial charge >= 0.3 is 0 Å². The first-order valence-corrected chi connectivity index (χ1v) is 7.10. The Labute approximate surface area is 109 Å². The normalized spacial score (nSPS) is 12.5. The molecule has 0 aliphatic rings. The van der Waals surface area contributed by atoms with E-state index >= 15 is 0 Å². The molecule has 0 spiro atoms. The van der Waals surface area contributed by atoms with Gasteiger partial charge in [0.1, 0.15) is 11.6 Å². The number of halogens is 1. The van der Waals surface area contributed by atoms with Gasteiger partial charge in [0, 0.05) is 18.5 Å². The lowest BCUT2D eigenvalue weighted by molar-refractivity contribution is 0.901. The lowest BCUT2D eigenvalue weighted by Crippen LogP contribution is -2.02. The van der Waals surface area contributed by atoms with Gasteiger partial charge in [0.2, 0.25) is 0 Å². The Balaban J connectivity index is 2.62. The van der Waals surface area contributed by atoms with Crippen LogP contribution in [-0.4, -0.2) is 22.3 Å². The summed E-state index contributed by atoms with van der Waals surface area (Å²) in [6.07, 6.45) is 3.06. The van der Waals surface area contributed by atoms with Crippen LogP contribution in [0.1, 0.15) is 26.1 Å². The van der Waals surface area contributed by atoms with E-state index in [4.69, 9.17) is 0 Å². The van der Waals surface area contributed by atoms with Crippen LogP contribution in [0.3, 0.4) is 0 Å². The zero-order valence-corrected chi connectivity index (χ0v) is 12.2. The predicted octanol–water partition coefficient (Wildman–Crippen LogP) is 3.15. The Hall–Kier alpha value is -0.0400. The molecule has 1 aromatic rings. The van der Waals surface area contributed by atoms with Crippen LogP contribution in [0.5, 0.6) is 0 Å². The van der Waals surface area contributed by atoms with Crippen molar-refractivity contribution in [1.29, 1.82) is 0 Å². The number of aromatic nitrogens is 2. The third-order valence-corrected chi connectivity index (χ3v) is 4.22. The molecule has 0 aliphatic carbocycles. The number of nitrogens with one attached hydrogen (secondary N) is 1. The monoisotopic (exact) mass is 337 g/mol. The number of hydrogen-bond acceptors (Lipinski definition) is 4. The van der Waals surface area contributed by atoms with Crippen molar-refractivity contribution in [3.63, 3.8) is 0 Å². The standard InChI is InChI=1S/C10H16IN3S/c1-4-7(2)15-6-9-13-5-8(11)10(12-3)14-9/h5,7H,4,6H2,1-3H3,(H,12,13,14). The lowest BCUT2D eigenvalue weighted by atomic mass is 10.4. The first-order chi connectivity index (χ1) is 7.17. The summed E-state index contributed by atoms with van der Waals surface area (Å²) in [5.74, 6) is 2.72. The Morgan fingerprint density at radius 1 is 1.60 bits per heavy atom. The number of hydrogen-bond donors (Lipinski definition) is 1. The van der Waals surface area contributed by atoms with E-state index in [2.05, 4.69) is 51.7 Å². The van der Waals surface area contributed by atoms with Crippen molar-refractivity contribution in [2.24, 2.45) is 0 Å². The molecule has 0 saturated heterocycles. The molecule has 1 heterocycles. The highest BCUT2D eigenvalue weighted by molar-refractivity contribution is 14.1. The third-order valence-electron chi connectivity index (χ3n) is 2.10. The van der Waals surface area contributed by atoms with E-state index < -0.39 is 0 Å². The average molecular weight is 337 g/mol. The molecule has 0 aromatic carbocycles. The second kappa shape index (κ2) is 6.52. The molecule has 1 unspecified atom stereocenters. The van der Waals surface area contributed by atoms with Crippen molar-refractivity contribution in [3.05, 3.63) is 15.6 Å². The summed E-state index contributed by atoms with van der Waals surface area (Å²) in [6.45, 7) is 4.43. The zero-order valence-electron chi connectivity index (χ0n) is 9.25. The van der Waals surface area contributed by atoms with Crippen molar-refractivity contribution >= 4 is 40.2 Å². The van der Waals surface area contributed by atoms with Crippen LogP contribution < -0.4 is 5.32 Å². The van der Waals surface area contributed by atoms with Crippen LogP contribution >= 0.6 is 34.4 Å². The summed E-state index contributed by atoms with van der Waals surface area (Å²) in [7, 11) is 1.89. The van der Waals surface area contributed by atoms with E-state index in [1.807, 2.05) is 25.0 Å². The second-order valence-corrected chi connectivity index (χ2v) is 5.85. The van der Waals surface area contributed by atoms with Crippen LogP contribution in [0.15, 0.2) is 6.20 Å². The highest BCUT2D eigenvalue weighted by atomic mass is 127. The van der Waals surface area contributed by atoms with Crippen LogP contribution in [0.2, 0.25) is 0 Å². The molecule has 0 aliphatic heterocycles.